The Morgan fingerprint density at radius 1 is 1.18 bits per heavy atom. The van der Waals surface area contributed by atoms with Gasteiger partial charge >= 0.3 is 0 Å². The number of anilines is 2. The zero-order valence-corrected chi connectivity index (χ0v) is 12.2. The molecule has 1 aliphatic rings. The zero-order chi connectivity index (χ0) is 15.5. The number of carbonyl (C=O) groups excluding carboxylic acids is 1. The first-order valence-electron chi connectivity index (χ1n) is 7.14. The van der Waals surface area contributed by atoms with Crippen LogP contribution >= 0.6 is 0 Å². The van der Waals surface area contributed by atoms with E-state index in [2.05, 4.69) is 4.98 Å². The Morgan fingerprint density at radius 2 is 1.95 bits per heavy atom. The summed E-state index contributed by atoms with van der Waals surface area (Å²) in [6, 6.07) is 9.19. The molecule has 0 spiro atoms. The number of carbonyl (C=O) groups is 1. The summed E-state index contributed by atoms with van der Waals surface area (Å²) in [5.74, 6) is 0.299. The lowest BCUT2D eigenvalue weighted by molar-refractivity contribution is 0.0303. The fourth-order valence-corrected chi connectivity index (χ4v) is 2.51. The molecule has 1 aliphatic heterocycles. The second kappa shape index (κ2) is 6.03. The molecule has 1 saturated heterocycles. The standard InChI is InChI=1S/C16H18N4O2/c17-14-13(4-5-19-15(14)18)11-2-1-3-12(10-11)16(21)20-6-8-22-9-7-20/h1-5,10H,6-9,17H2,(H2,18,19). The number of rotatable bonds is 2. The quantitative estimate of drug-likeness (QED) is 0.873. The third-order valence-corrected chi connectivity index (χ3v) is 3.74. The van der Waals surface area contributed by atoms with Crippen LogP contribution in [-0.2, 0) is 4.74 Å². The van der Waals surface area contributed by atoms with E-state index in [0.29, 0.717) is 43.4 Å². The molecule has 1 amide bonds. The summed E-state index contributed by atoms with van der Waals surface area (Å²) in [4.78, 5) is 18.3. The summed E-state index contributed by atoms with van der Waals surface area (Å²) in [5, 5.41) is 0. The molecule has 1 fully saturated rings. The van der Waals surface area contributed by atoms with Crippen LogP contribution in [0.15, 0.2) is 36.5 Å². The number of ether oxygens (including phenoxy) is 1. The van der Waals surface area contributed by atoms with E-state index in [9.17, 15) is 4.79 Å². The first-order valence-corrected chi connectivity index (χ1v) is 7.14. The number of nitrogen functional groups attached to an aromatic ring is 2. The summed E-state index contributed by atoms with van der Waals surface area (Å²) in [7, 11) is 0. The van der Waals surface area contributed by atoms with Crippen LogP contribution in [0.1, 0.15) is 10.4 Å². The number of hydrogen-bond acceptors (Lipinski definition) is 5. The summed E-state index contributed by atoms with van der Waals surface area (Å²) in [6.45, 7) is 2.40. The number of nitrogens with zero attached hydrogens (tertiary/aromatic N) is 2. The lowest BCUT2D eigenvalue weighted by atomic mass is 10.0. The van der Waals surface area contributed by atoms with Crippen molar-refractivity contribution in [2.24, 2.45) is 0 Å². The maximum absolute atomic E-state index is 12.5. The van der Waals surface area contributed by atoms with E-state index in [0.717, 1.165) is 11.1 Å². The molecule has 6 heteroatoms. The van der Waals surface area contributed by atoms with Crippen molar-refractivity contribution in [3.8, 4) is 11.1 Å². The van der Waals surface area contributed by atoms with E-state index in [4.69, 9.17) is 16.2 Å². The summed E-state index contributed by atoms with van der Waals surface area (Å²) < 4.78 is 5.28. The van der Waals surface area contributed by atoms with Gasteiger partial charge in [0.05, 0.1) is 18.9 Å². The van der Waals surface area contributed by atoms with Crippen molar-refractivity contribution in [3.63, 3.8) is 0 Å². The maximum Gasteiger partial charge on any atom is 0.254 e. The second-order valence-electron chi connectivity index (χ2n) is 5.14. The van der Waals surface area contributed by atoms with Gasteiger partial charge in [0.25, 0.3) is 5.91 Å². The van der Waals surface area contributed by atoms with Crippen molar-refractivity contribution in [3.05, 3.63) is 42.1 Å². The monoisotopic (exact) mass is 298 g/mol. The summed E-state index contributed by atoms with van der Waals surface area (Å²) in [5.41, 5.74) is 14.4. The van der Waals surface area contributed by atoms with Gasteiger partial charge in [0, 0.05) is 30.4 Å². The average molecular weight is 298 g/mol. The Kier molecular flexibility index (Phi) is 3.93. The molecular formula is C16H18N4O2. The largest absolute Gasteiger partial charge is 0.395 e. The molecule has 2 aromatic rings. The normalized spacial score (nSPS) is 14.8. The number of hydrogen-bond donors (Lipinski definition) is 2. The smallest absolute Gasteiger partial charge is 0.254 e. The van der Waals surface area contributed by atoms with Gasteiger partial charge in [-0.1, -0.05) is 12.1 Å². The predicted molar refractivity (Wildman–Crippen MR) is 85.2 cm³/mol. The van der Waals surface area contributed by atoms with Gasteiger partial charge in [-0.15, -0.1) is 0 Å². The van der Waals surface area contributed by atoms with Crippen LogP contribution < -0.4 is 11.5 Å². The van der Waals surface area contributed by atoms with Crippen molar-refractivity contribution in [2.75, 3.05) is 37.8 Å². The average Bonchev–Trinajstić information content (AvgIpc) is 2.57. The Morgan fingerprint density at radius 3 is 2.73 bits per heavy atom. The van der Waals surface area contributed by atoms with Gasteiger partial charge in [-0.2, -0.15) is 0 Å². The molecule has 0 bridgehead atoms. The molecule has 114 valence electrons. The minimum absolute atomic E-state index is 0.00532. The number of amides is 1. The van der Waals surface area contributed by atoms with Gasteiger partial charge < -0.3 is 21.1 Å². The molecule has 0 radical (unpaired) electrons. The fourth-order valence-electron chi connectivity index (χ4n) is 2.51. The summed E-state index contributed by atoms with van der Waals surface area (Å²) >= 11 is 0. The molecule has 4 N–H and O–H groups in total. The number of benzene rings is 1. The van der Waals surface area contributed by atoms with E-state index < -0.39 is 0 Å². The molecule has 0 atom stereocenters. The molecular weight excluding hydrogens is 280 g/mol. The Balaban J connectivity index is 1.92. The van der Waals surface area contributed by atoms with Crippen molar-refractivity contribution in [1.29, 1.82) is 0 Å². The van der Waals surface area contributed by atoms with Crippen LogP contribution in [0.4, 0.5) is 11.5 Å². The van der Waals surface area contributed by atoms with E-state index in [-0.39, 0.29) is 5.91 Å². The molecule has 22 heavy (non-hydrogen) atoms. The van der Waals surface area contributed by atoms with Gasteiger partial charge in [-0.25, -0.2) is 4.98 Å². The van der Waals surface area contributed by atoms with Gasteiger partial charge in [-0.05, 0) is 23.8 Å². The van der Waals surface area contributed by atoms with Crippen LogP contribution in [0, 0.1) is 0 Å². The third-order valence-electron chi connectivity index (χ3n) is 3.74. The number of nitrogens with two attached hydrogens (primary N) is 2. The molecule has 1 aromatic heterocycles. The molecule has 2 heterocycles. The van der Waals surface area contributed by atoms with Crippen molar-refractivity contribution < 1.29 is 9.53 Å². The Bertz CT molecular complexity index is 696. The second-order valence-corrected chi connectivity index (χ2v) is 5.14. The molecule has 3 rings (SSSR count). The van der Waals surface area contributed by atoms with Crippen LogP contribution in [0.25, 0.3) is 11.1 Å². The zero-order valence-electron chi connectivity index (χ0n) is 12.2. The van der Waals surface area contributed by atoms with Gasteiger partial charge in [0.2, 0.25) is 0 Å². The van der Waals surface area contributed by atoms with E-state index >= 15 is 0 Å². The lowest BCUT2D eigenvalue weighted by Crippen LogP contribution is -2.40. The van der Waals surface area contributed by atoms with Crippen molar-refractivity contribution in [2.45, 2.75) is 0 Å². The minimum atomic E-state index is 0.00532. The summed E-state index contributed by atoms with van der Waals surface area (Å²) in [6.07, 6.45) is 1.61. The first kappa shape index (κ1) is 14.3. The number of pyridine rings is 1. The van der Waals surface area contributed by atoms with Crippen LogP contribution in [0.3, 0.4) is 0 Å². The van der Waals surface area contributed by atoms with E-state index in [1.165, 1.54) is 0 Å². The van der Waals surface area contributed by atoms with Crippen LogP contribution in [0.5, 0.6) is 0 Å². The minimum Gasteiger partial charge on any atom is -0.395 e. The third kappa shape index (κ3) is 2.73. The highest BCUT2D eigenvalue weighted by molar-refractivity contribution is 5.96. The van der Waals surface area contributed by atoms with Crippen LogP contribution in [0.2, 0.25) is 0 Å². The Labute approximate surface area is 128 Å². The van der Waals surface area contributed by atoms with Gasteiger partial charge in [0.1, 0.15) is 5.82 Å². The van der Waals surface area contributed by atoms with Gasteiger partial charge in [-0.3, -0.25) is 4.79 Å². The SMILES string of the molecule is Nc1nccc(-c2cccc(C(=O)N3CCOCC3)c2)c1N. The molecule has 0 saturated carbocycles. The lowest BCUT2D eigenvalue weighted by Gasteiger charge is -2.27. The molecule has 1 aromatic carbocycles. The van der Waals surface area contributed by atoms with E-state index in [1.807, 2.05) is 24.3 Å². The van der Waals surface area contributed by atoms with Crippen molar-refractivity contribution in [1.82, 2.24) is 9.88 Å². The molecule has 0 aliphatic carbocycles. The van der Waals surface area contributed by atoms with Crippen molar-refractivity contribution >= 4 is 17.4 Å². The fraction of sp³-hybridized carbons (Fsp3) is 0.250. The number of morpholine rings is 1. The van der Waals surface area contributed by atoms with E-state index in [1.54, 1.807) is 17.2 Å². The first-order chi connectivity index (χ1) is 10.7. The Hall–Kier alpha value is -2.60. The maximum atomic E-state index is 12.5. The number of aromatic nitrogens is 1. The predicted octanol–water partition coefficient (Wildman–Crippen LogP) is 1.39. The highest BCUT2D eigenvalue weighted by Crippen LogP contribution is 2.29. The van der Waals surface area contributed by atoms with Gasteiger partial charge in [0.15, 0.2) is 0 Å². The molecule has 0 unspecified atom stereocenters. The highest BCUT2D eigenvalue weighted by atomic mass is 16.5. The highest BCUT2D eigenvalue weighted by Gasteiger charge is 2.19. The molecule has 6 nitrogen and oxygen atoms in total. The van der Waals surface area contributed by atoms with Crippen LogP contribution in [-0.4, -0.2) is 42.1 Å². The topological polar surface area (TPSA) is 94.5 Å².